The average Bonchev–Trinajstić information content (AvgIpc) is 3.12. The van der Waals surface area contributed by atoms with Crippen LogP contribution in [0.3, 0.4) is 0 Å². The Balaban J connectivity index is 1.64. The molecule has 1 aromatic heterocycles. The van der Waals surface area contributed by atoms with Gasteiger partial charge in [-0.05, 0) is 11.1 Å². The van der Waals surface area contributed by atoms with Gasteiger partial charge in [0.1, 0.15) is 0 Å². The molecule has 3 rings (SSSR count). The van der Waals surface area contributed by atoms with Crippen molar-refractivity contribution in [3.63, 3.8) is 0 Å². The Bertz CT molecular complexity index is 861. The molecule has 0 saturated heterocycles. The highest BCUT2D eigenvalue weighted by Gasteiger charge is 2.17. The molecule has 1 heterocycles. The summed E-state index contributed by atoms with van der Waals surface area (Å²) in [6, 6.07) is 19.5. The monoisotopic (exact) mass is 398 g/mol. The fraction of sp³-hybridized carbons (Fsp3) is 0.158. The van der Waals surface area contributed by atoms with E-state index in [9.17, 15) is 9.59 Å². The Morgan fingerprint density at radius 2 is 1.59 bits per heavy atom. The minimum Gasteiger partial charge on any atom is -0.344 e. The van der Waals surface area contributed by atoms with Gasteiger partial charge < -0.3 is 10.6 Å². The zero-order valence-electron chi connectivity index (χ0n) is 14.6. The van der Waals surface area contributed by atoms with Gasteiger partial charge in [0.2, 0.25) is 16.9 Å². The van der Waals surface area contributed by atoms with Gasteiger partial charge in [-0.1, -0.05) is 83.8 Å². The molecule has 0 aliphatic carbocycles. The van der Waals surface area contributed by atoms with Crippen molar-refractivity contribution in [1.29, 1.82) is 0 Å². The molecule has 3 aromatic rings. The summed E-state index contributed by atoms with van der Waals surface area (Å²) in [5.41, 5.74) is 2.04. The molecule has 2 aromatic carbocycles. The molecule has 0 spiro atoms. The Hall–Kier alpha value is -2.71. The van der Waals surface area contributed by atoms with Gasteiger partial charge in [-0.2, -0.15) is 0 Å². The van der Waals surface area contributed by atoms with Crippen LogP contribution in [0.15, 0.2) is 65.0 Å². The van der Waals surface area contributed by atoms with Crippen LogP contribution in [-0.4, -0.2) is 27.8 Å². The van der Waals surface area contributed by atoms with Crippen LogP contribution in [0.25, 0.3) is 0 Å². The summed E-state index contributed by atoms with van der Waals surface area (Å²) < 4.78 is 0.630. The molecule has 0 bridgehead atoms. The zero-order chi connectivity index (χ0) is 19.1. The van der Waals surface area contributed by atoms with E-state index >= 15 is 0 Å². The van der Waals surface area contributed by atoms with E-state index in [1.54, 1.807) is 0 Å². The largest absolute Gasteiger partial charge is 0.344 e. The number of benzene rings is 2. The second-order valence-electron chi connectivity index (χ2n) is 5.66. The number of amides is 2. The Morgan fingerprint density at radius 3 is 2.15 bits per heavy atom. The van der Waals surface area contributed by atoms with Crippen LogP contribution in [-0.2, 0) is 9.59 Å². The number of carbonyl (C=O) groups is 2. The lowest BCUT2D eigenvalue weighted by molar-refractivity contribution is -0.119. The van der Waals surface area contributed by atoms with Gasteiger partial charge in [0.05, 0.1) is 11.8 Å². The summed E-state index contributed by atoms with van der Waals surface area (Å²) in [6.45, 7) is 1.41. The minimum absolute atomic E-state index is 0.103. The molecule has 0 radical (unpaired) electrons. The second-order valence-corrected chi connectivity index (χ2v) is 7.86. The first-order chi connectivity index (χ1) is 13.1. The van der Waals surface area contributed by atoms with Gasteiger partial charge in [0.15, 0.2) is 4.34 Å². The smallest absolute Gasteiger partial charge is 0.231 e. The first-order valence-corrected chi connectivity index (χ1v) is 10.0. The normalized spacial score (nSPS) is 10.6. The van der Waals surface area contributed by atoms with Gasteiger partial charge >= 0.3 is 0 Å². The molecule has 0 atom stereocenters. The number of nitrogens with one attached hydrogen (secondary N) is 2. The number of rotatable bonds is 7. The van der Waals surface area contributed by atoms with Crippen molar-refractivity contribution >= 4 is 40.0 Å². The summed E-state index contributed by atoms with van der Waals surface area (Å²) in [5.74, 6) is -0.0896. The third-order valence-corrected chi connectivity index (χ3v) is 5.56. The van der Waals surface area contributed by atoms with Crippen molar-refractivity contribution < 1.29 is 9.59 Å². The standard InChI is InChI=1S/C19H18N4O2S2/c1-13(24)20-18-22-23-19(27-18)26-12-16(25)21-17(14-8-4-2-5-9-14)15-10-6-3-7-11-15/h2-11,17H,12H2,1H3,(H,21,25)(H,20,22,24). The predicted octanol–water partition coefficient (Wildman–Crippen LogP) is 3.49. The molecule has 0 fully saturated rings. The van der Waals surface area contributed by atoms with E-state index in [1.165, 1.54) is 30.0 Å². The molecule has 0 unspecified atom stereocenters. The lowest BCUT2D eigenvalue weighted by Crippen LogP contribution is -2.30. The molecule has 8 heteroatoms. The fourth-order valence-corrected chi connectivity index (χ4v) is 4.06. The maximum absolute atomic E-state index is 12.5. The third kappa shape index (κ3) is 5.63. The molecular weight excluding hydrogens is 380 g/mol. The van der Waals surface area contributed by atoms with Gasteiger partial charge in [-0.15, -0.1) is 10.2 Å². The van der Waals surface area contributed by atoms with Crippen LogP contribution in [0, 0.1) is 0 Å². The number of hydrogen-bond acceptors (Lipinski definition) is 6. The van der Waals surface area contributed by atoms with E-state index < -0.39 is 0 Å². The number of nitrogens with zero attached hydrogens (tertiary/aromatic N) is 2. The molecular formula is C19H18N4O2S2. The lowest BCUT2D eigenvalue weighted by Gasteiger charge is -2.19. The summed E-state index contributed by atoms with van der Waals surface area (Å²) in [5, 5.41) is 13.9. The van der Waals surface area contributed by atoms with Gasteiger partial charge in [0.25, 0.3) is 0 Å². The lowest BCUT2D eigenvalue weighted by atomic mass is 9.99. The highest BCUT2D eigenvalue weighted by atomic mass is 32.2. The summed E-state index contributed by atoms with van der Waals surface area (Å²) in [4.78, 5) is 23.5. The highest BCUT2D eigenvalue weighted by molar-refractivity contribution is 8.01. The molecule has 0 aliphatic heterocycles. The van der Waals surface area contributed by atoms with E-state index in [2.05, 4.69) is 20.8 Å². The van der Waals surface area contributed by atoms with Crippen molar-refractivity contribution in [2.75, 3.05) is 11.1 Å². The molecule has 6 nitrogen and oxygen atoms in total. The van der Waals surface area contributed by atoms with Crippen LogP contribution in [0.2, 0.25) is 0 Å². The number of hydrogen-bond donors (Lipinski definition) is 2. The van der Waals surface area contributed by atoms with Crippen LogP contribution in [0.4, 0.5) is 5.13 Å². The Kier molecular flexibility index (Phi) is 6.56. The number of carbonyl (C=O) groups excluding carboxylic acids is 2. The van der Waals surface area contributed by atoms with Crippen molar-refractivity contribution in [1.82, 2.24) is 15.5 Å². The first kappa shape index (κ1) is 19.1. The van der Waals surface area contributed by atoms with Crippen LogP contribution >= 0.6 is 23.1 Å². The van der Waals surface area contributed by atoms with E-state index in [4.69, 9.17) is 0 Å². The minimum atomic E-state index is -0.218. The molecule has 2 amide bonds. The fourth-order valence-electron chi connectivity index (χ4n) is 2.45. The maximum Gasteiger partial charge on any atom is 0.231 e. The molecule has 0 saturated carbocycles. The Labute approximate surface area is 165 Å². The number of aromatic nitrogens is 2. The van der Waals surface area contributed by atoms with E-state index in [0.29, 0.717) is 9.47 Å². The van der Waals surface area contributed by atoms with Crippen LogP contribution in [0.1, 0.15) is 24.1 Å². The molecule has 27 heavy (non-hydrogen) atoms. The van der Waals surface area contributed by atoms with Crippen molar-refractivity contribution in [3.05, 3.63) is 71.8 Å². The predicted molar refractivity (Wildman–Crippen MR) is 108 cm³/mol. The van der Waals surface area contributed by atoms with E-state index in [1.807, 2.05) is 60.7 Å². The average molecular weight is 399 g/mol. The van der Waals surface area contributed by atoms with Gasteiger partial charge in [0, 0.05) is 6.92 Å². The third-order valence-electron chi connectivity index (χ3n) is 3.59. The Morgan fingerprint density at radius 1 is 1.00 bits per heavy atom. The van der Waals surface area contributed by atoms with Crippen molar-refractivity contribution in [2.24, 2.45) is 0 Å². The van der Waals surface area contributed by atoms with Crippen molar-refractivity contribution in [3.8, 4) is 0 Å². The molecule has 2 N–H and O–H groups in total. The summed E-state index contributed by atoms with van der Waals surface area (Å²) in [7, 11) is 0. The van der Waals surface area contributed by atoms with Crippen LogP contribution < -0.4 is 10.6 Å². The molecule has 138 valence electrons. The summed E-state index contributed by atoms with van der Waals surface area (Å²) in [6.07, 6.45) is 0. The zero-order valence-corrected chi connectivity index (χ0v) is 16.2. The summed E-state index contributed by atoms with van der Waals surface area (Å²) >= 11 is 2.53. The van der Waals surface area contributed by atoms with E-state index in [-0.39, 0.29) is 23.6 Å². The number of thioether (sulfide) groups is 1. The van der Waals surface area contributed by atoms with Crippen molar-refractivity contribution in [2.45, 2.75) is 17.3 Å². The molecule has 0 aliphatic rings. The van der Waals surface area contributed by atoms with E-state index in [0.717, 1.165) is 11.1 Å². The number of anilines is 1. The topological polar surface area (TPSA) is 84.0 Å². The quantitative estimate of drug-likeness (QED) is 0.470. The SMILES string of the molecule is CC(=O)Nc1nnc(SCC(=O)NC(c2ccccc2)c2ccccc2)s1. The highest BCUT2D eigenvalue weighted by Crippen LogP contribution is 2.26. The van der Waals surface area contributed by atoms with Crippen LogP contribution in [0.5, 0.6) is 0 Å². The second kappa shape index (κ2) is 9.29. The maximum atomic E-state index is 12.5. The first-order valence-electron chi connectivity index (χ1n) is 8.25. The van der Waals surface area contributed by atoms with Gasteiger partial charge in [-0.3, -0.25) is 9.59 Å². The van der Waals surface area contributed by atoms with Gasteiger partial charge in [-0.25, -0.2) is 0 Å².